The van der Waals surface area contributed by atoms with Crippen molar-refractivity contribution < 1.29 is 32.3 Å². The largest absolute Gasteiger partial charge is 0.512 e. The van der Waals surface area contributed by atoms with Crippen molar-refractivity contribution in [2.45, 2.75) is 58.2 Å². The summed E-state index contributed by atoms with van der Waals surface area (Å²) in [5.74, 6) is -4.43. The summed E-state index contributed by atoms with van der Waals surface area (Å²) in [5.41, 5.74) is 0.724. The van der Waals surface area contributed by atoms with E-state index in [2.05, 4.69) is 28.1 Å². The number of halogens is 4. The lowest BCUT2D eigenvalue weighted by molar-refractivity contribution is -0.129. The lowest BCUT2D eigenvalue weighted by atomic mass is 9.96. The molecule has 232 valence electrons. The lowest BCUT2D eigenvalue weighted by Crippen LogP contribution is -2.59. The van der Waals surface area contributed by atoms with Crippen LogP contribution in [0.15, 0.2) is 48.3 Å². The van der Waals surface area contributed by atoms with Gasteiger partial charge >= 0.3 is 0 Å². The van der Waals surface area contributed by atoms with Crippen molar-refractivity contribution in [1.82, 2.24) is 19.8 Å². The number of amidine groups is 1. The Kier molecular flexibility index (Phi) is 10.7. The SMILES string of the molecule is C=CC(=O)N1CCN(/C(=N/C)c2cc(F)c(C(C(=C)O)C(C)F)nc2N(C=O)c2c(C)ccnc2C(C)C)C(C(F)F)C1. The van der Waals surface area contributed by atoms with E-state index in [0.717, 1.165) is 24.0 Å². The number of nitrogens with zero attached hydrogens (tertiary/aromatic N) is 6. The second-order valence-corrected chi connectivity index (χ2v) is 10.5. The second kappa shape index (κ2) is 13.8. The molecule has 0 aromatic carbocycles. The standard InChI is InChI=1S/C30H36F4N6O3/c1-8-23(43)38-11-12-39(22(14-38)28(33)34)29(35-7)20-13-21(32)26(24(18(5)31)19(6)42)37-30(20)40(15-41)27-17(4)9-10-36-25(27)16(2)3/h8-10,13,15-16,18,22,24,28,42H,1,6,11-12,14H2,2-5,7H3/b35-29+. The van der Waals surface area contributed by atoms with Crippen molar-refractivity contribution in [2.75, 3.05) is 31.6 Å². The number of aliphatic imine (C=N–C) groups is 1. The first-order valence-corrected chi connectivity index (χ1v) is 13.6. The Morgan fingerprint density at radius 2 is 1.91 bits per heavy atom. The van der Waals surface area contributed by atoms with E-state index < -0.39 is 47.7 Å². The predicted octanol–water partition coefficient (Wildman–Crippen LogP) is 5.20. The number of aryl methyl sites for hydroxylation is 1. The van der Waals surface area contributed by atoms with Gasteiger partial charge in [-0.15, -0.1) is 0 Å². The molecule has 1 aliphatic heterocycles. The molecule has 0 saturated carbocycles. The van der Waals surface area contributed by atoms with E-state index in [1.165, 1.54) is 16.8 Å². The van der Waals surface area contributed by atoms with Crippen LogP contribution in [0.3, 0.4) is 0 Å². The normalized spacial score (nSPS) is 17.2. The number of carbonyl (C=O) groups excluding carboxylic acids is 2. The molecule has 1 saturated heterocycles. The minimum absolute atomic E-state index is 0.0405. The molecule has 1 N–H and O–H groups in total. The summed E-state index contributed by atoms with van der Waals surface area (Å²) >= 11 is 0. The highest BCUT2D eigenvalue weighted by Crippen LogP contribution is 2.38. The molecule has 2 aromatic heterocycles. The molecule has 3 atom stereocenters. The first-order chi connectivity index (χ1) is 20.3. The minimum Gasteiger partial charge on any atom is -0.512 e. The van der Waals surface area contributed by atoms with Crippen molar-refractivity contribution in [1.29, 1.82) is 0 Å². The van der Waals surface area contributed by atoms with E-state index in [9.17, 15) is 27.9 Å². The Morgan fingerprint density at radius 1 is 1.23 bits per heavy atom. The molecule has 1 fully saturated rings. The topological polar surface area (TPSA) is 102 Å². The number of amides is 2. The van der Waals surface area contributed by atoms with Crippen LogP contribution in [-0.4, -0.2) is 88.3 Å². The fourth-order valence-corrected chi connectivity index (χ4v) is 5.24. The highest BCUT2D eigenvalue weighted by Gasteiger charge is 2.39. The van der Waals surface area contributed by atoms with Crippen LogP contribution >= 0.6 is 0 Å². The molecule has 3 rings (SSSR count). The number of piperazine rings is 1. The fraction of sp³-hybridized carbons (Fsp3) is 0.433. The van der Waals surface area contributed by atoms with E-state index >= 15 is 4.39 Å². The number of aliphatic hydroxyl groups excluding tert-OH is 1. The first-order valence-electron chi connectivity index (χ1n) is 13.6. The maximum atomic E-state index is 15.8. The number of aliphatic hydroxyl groups is 1. The zero-order valence-electron chi connectivity index (χ0n) is 24.8. The summed E-state index contributed by atoms with van der Waals surface area (Å²) in [6.07, 6.45) is -1.75. The molecule has 0 spiro atoms. The average molecular weight is 605 g/mol. The third-order valence-electron chi connectivity index (χ3n) is 7.29. The van der Waals surface area contributed by atoms with E-state index in [1.54, 1.807) is 19.2 Å². The molecule has 2 aromatic rings. The predicted molar refractivity (Wildman–Crippen MR) is 156 cm³/mol. The second-order valence-electron chi connectivity index (χ2n) is 10.5. The van der Waals surface area contributed by atoms with Crippen molar-refractivity contribution in [3.05, 3.63) is 71.7 Å². The fourth-order valence-electron chi connectivity index (χ4n) is 5.24. The number of hydrogen-bond acceptors (Lipinski definition) is 6. The number of aromatic nitrogens is 2. The van der Waals surface area contributed by atoms with Gasteiger partial charge in [0.25, 0.3) is 6.43 Å². The van der Waals surface area contributed by atoms with Crippen LogP contribution in [0.25, 0.3) is 0 Å². The average Bonchev–Trinajstić information content (AvgIpc) is 2.95. The Balaban J connectivity index is 2.35. The molecule has 0 aliphatic carbocycles. The van der Waals surface area contributed by atoms with Crippen LogP contribution in [-0.2, 0) is 9.59 Å². The van der Waals surface area contributed by atoms with Gasteiger partial charge in [0.05, 0.1) is 34.3 Å². The van der Waals surface area contributed by atoms with Crippen molar-refractivity contribution in [3.8, 4) is 0 Å². The molecular weight excluding hydrogens is 568 g/mol. The minimum atomic E-state index is -2.94. The summed E-state index contributed by atoms with van der Waals surface area (Å²) in [4.78, 5) is 41.6. The van der Waals surface area contributed by atoms with Gasteiger partial charge in [-0.25, -0.2) is 22.5 Å². The quantitative estimate of drug-likeness (QED) is 0.100. The third kappa shape index (κ3) is 6.70. The van der Waals surface area contributed by atoms with Gasteiger partial charge in [0.1, 0.15) is 23.9 Å². The van der Waals surface area contributed by atoms with Gasteiger partial charge in [-0.05, 0) is 43.5 Å². The molecule has 3 heterocycles. The summed E-state index contributed by atoms with van der Waals surface area (Å²) in [6, 6.07) is 1.04. The number of rotatable bonds is 10. The van der Waals surface area contributed by atoms with E-state index in [-0.39, 0.29) is 42.8 Å². The van der Waals surface area contributed by atoms with Gasteiger partial charge in [0.15, 0.2) is 5.82 Å². The molecule has 3 unspecified atom stereocenters. The van der Waals surface area contributed by atoms with Crippen molar-refractivity contribution in [2.24, 2.45) is 4.99 Å². The Morgan fingerprint density at radius 3 is 2.42 bits per heavy atom. The zero-order chi connectivity index (χ0) is 32.2. The van der Waals surface area contributed by atoms with Crippen LogP contribution in [0, 0.1) is 12.7 Å². The molecule has 1 aliphatic rings. The van der Waals surface area contributed by atoms with E-state index in [1.807, 2.05) is 13.8 Å². The number of anilines is 2. The molecule has 2 amide bonds. The molecule has 13 heteroatoms. The maximum absolute atomic E-state index is 15.8. The number of pyridine rings is 2. The van der Waals surface area contributed by atoms with Gasteiger partial charge in [0.2, 0.25) is 12.3 Å². The monoisotopic (exact) mass is 604 g/mol. The van der Waals surface area contributed by atoms with E-state index in [4.69, 9.17) is 0 Å². The van der Waals surface area contributed by atoms with Crippen molar-refractivity contribution in [3.63, 3.8) is 0 Å². The summed E-state index contributed by atoms with van der Waals surface area (Å²) in [7, 11) is 1.32. The van der Waals surface area contributed by atoms with E-state index in [0.29, 0.717) is 23.4 Å². The number of hydrogen-bond donors (Lipinski definition) is 1. The van der Waals surface area contributed by atoms with Crippen LogP contribution < -0.4 is 4.90 Å². The zero-order valence-corrected chi connectivity index (χ0v) is 24.8. The van der Waals surface area contributed by atoms with Gasteiger partial charge < -0.3 is 14.9 Å². The maximum Gasteiger partial charge on any atom is 0.260 e. The molecule has 0 bridgehead atoms. The highest BCUT2D eigenvalue weighted by atomic mass is 19.3. The van der Waals surface area contributed by atoms with Crippen LogP contribution in [0.5, 0.6) is 0 Å². The lowest BCUT2D eigenvalue weighted by Gasteiger charge is -2.42. The summed E-state index contributed by atoms with van der Waals surface area (Å²) < 4.78 is 59.3. The van der Waals surface area contributed by atoms with Crippen molar-refractivity contribution >= 4 is 29.7 Å². The third-order valence-corrected chi connectivity index (χ3v) is 7.29. The smallest absolute Gasteiger partial charge is 0.260 e. The summed E-state index contributed by atoms with van der Waals surface area (Å²) in [6.45, 7) is 12.9. The summed E-state index contributed by atoms with van der Waals surface area (Å²) in [5, 5.41) is 10.2. The van der Waals surface area contributed by atoms with Crippen LogP contribution in [0.2, 0.25) is 0 Å². The Labute approximate surface area is 248 Å². The molecule has 0 radical (unpaired) electrons. The van der Waals surface area contributed by atoms with Gasteiger partial charge in [-0.2, -0.15) is 0 Å². The number of alkyl halides is 3. The van der Waals surface area contributed by atoms with Crippen LogP contribution in [0.1, 0.15) is 55.1 Å². The first kappa shape index (κ1) is 33.2. The molecule has 9 nitrogen and oxygen atoms in total. The molecular formula is C30H36F4N6O3. The van der Waals surface area contributed by atoms with Gasteiger partial charge in [-0.3, -0.25) is 24.5 Å². The Hall–Kier alpha value is -4.29. The van der Waals surface area contributed by atoms with Crippen LogP contribution in [0.4, 0.5) is 29.1 Å². The van der Waals surface area contributed by atoms with Gasteiger partial charge in [0, 0.05) is 32.9 Å². The highest BCUT2D eigenvalue weighted by molar-refractivity contribution is 6.06. The number of carbonyl (C=O) groups is 2. The number of allylic oxidation sites excluding steroid dienone is 1. The van der Waals surface area contributed by atoms with Gasteiger partial charge in [-0.1, -0.05) is 27.0 Å². The Bertz CT molecular complexity index is 1410. The molecule has 43 heavy (non-hydrogen) atoms.